The number of carbonyl (C=O) groups excluding carboxylic acids is 2. The Balaban J connectivity index is 1.28. The van der Waals surface area contributed by atoms with Crippen LogP contribution in [0.4, 0.5) is 0 Å². The monoisotopic (exact) mass is 452 g/mol. The maximum Gasteiger partial charge on any atom is 0.251 e. The zero-order valence-electron chi connectivity index (χ0n) is 18.2. The van der Waals surface area contributed by atoms with Crippen molar-refractivity contribution in [2.75, 3.05) is 19.6 Å². The number of fused-ring (bicyclic) bond motifs is 1. The summed E-state index contributed by atoms with van der Waals surface area (Å²) in [6, 6.07) is 14.9. The Kier molecular flexibility index (Phi) is 7.43. The third-order valence-corrected chi connectivity index (χ3v) is 6.21. The Labute approximate surface area is 193 Å². The predicted octanol–water partition coefficient (Wildman–Crippen LogP) is 4.45. The van der Waals surface area contributed by atoms with Crippen molar-refractivity contribution < 1.29 is 9.59 Å². The average Bonchev–Trinajstić information content (AvgIpc) is 3.45. The molecule has 1 aliphatic rings. The Morgan fingerprint density at radius 2 is 1.72 bits per heavy atom. The minimum atomic E-state index is -0.0797. The molecule has 0 atom stereocenters. The fourth-order valence-electron chi connectivity index (χ4n) is 4.18. The first-order valence-electron chi connectivity index (χ1n) is 11.4. The summed E-state index contributed by atoms with van der Waals surface area (Å²) in [4.78, 5) is 31.7. The third kappa shape index (κ3) is 5.49. The number of likely N-dealkylation sites (tertiary alicyclic amines) is 1. The van der Waals surface area contributed by atoms with Crippen LogP contribution in [-0.4, -0.2) is 45.9 Å². The van der Waals surface area contributed by atoms with E-state index in [9.17, 15) is 9.59 Å². The van der Waals surface area contributed by atoms with E-state index < -0.39 is 0 Å². The highest BCUT2D eigenvalue weighted by Gasteiger charge is 2.20. The van der Waals surface area contributed by atoms with Gasteiger partial charge < -0.3 is 14.8 Å². The summed E-state index contributed by atoms with van der Waals surface area (Å²) in [5, 5.41) is 3.57. The average molecular weight is 453 g/mol. The van der Waals surface area contributed by atoms with Gasteiger partial charge in [0.15, 0.2) is 0 Å². The molecule has 0 radical (unpaired) electrons. The molecule has 2 aromatic carbocycles. The number of hydrogen-bond acceptors (Lipinski definition) is 3. The standard InChI is InChI=1S/C25H29ClN4O2/c26-20-13-11-19(12-14-20)25(32)27-15-5-1-2-10-23-28-21-8-3-4-9-22(21)30(23)18-24(31)29-16-6-7-17-29/h3-4,8-9,11-14H,1-2,5-7,10,15-18H2,(H,27,32). The highest BCUT2D eigenvalue weighted by atomic mass is 35.5. The number of amides is 2. The maximum absolute atomic E-state index is 12.8. The summed E-state index contributed by atoms with van der Waals surface area (Å²) >= 11 is 5.87. The van der Waals surface area contributed by atoms with Crippen LogP contribution < -0.4 is 5.32 Å². The van der Waals surface area contributed by atoms with Crippen LogP contribution in [0.2, 0.25) is 5.02 Å². The molecule has 32 heavy (non-hydrogen) atoms. The molecule has 3 aromatic rings. The molecular weight excluding hydrogens is 424 g/mol. The fourth-order valence-corrected chi connectivity index (χ4v) is 4.31. The van der Waals surface area contributed by atoms with Crippen LogP contribution in [0.1, 0.15) is 48.3 Å². The number of imidazole rings is 1. The van der Waals surface area contributed by atoms with E-state index in [-0.39, 0.29) is 11.8 Å². The van der Waals surface area contributed by atoms with E-state index in [1.165, 1.54) is 0 Å². The topological polar surface area (TPSA) is 67.2 Å². The van der Waals surface area contributed by atoms with Gasteiger partial charge in [-0.3, -0.25) is 9.59 Å². The van der Waals surface area contributed by atoms with Crippen molar-refractivity contribution in [2.24, 2.45) is 0 Å². The Bertz CT molecular complexity index is 1070. The molecule has 1 aliphatic heterocycles. The molecule has 0 saturated carbocycles. The second-order valence-corrected chi connectivity index (χ2v) is 8.70. The van der Waals surface area contributed by atoms with Crippen LogP contribution in [0.3, 0.4) is 0 Å². The number of carbonyl (C=O) groups is 2. The number of nitrogens with zero attached hydrogens (tertiary/aromatic N) is 3. The van der Waals surface area contributed by atoms with E-state index >= 15 is 0 Å². The fraction of sp³-hybridized carbons (Fsp3) is 0.400. The van der Waals surface area contributed by atoms with Gasteiger partial charge in [-0.25, -0.2) is 4.98 Å². The lowest BCUT2D eigenvalue weighted by Crippen LogP contribution is -2.31. The molecule has 1 fully saturated rings. The molecule has 0 bridgehead atoms. The minimum absolute atomic E-state index is 0.0797. The van der Waals surface area contributed by atoms with E-state index in [1.54, 1.807) is 24.3 Å². The lowest BCUT2D eigenvalue weighted by molar-refractivity contribution is -0.130. The molecule has 0 aliphatic carbocycles. The number of hydrogen-bond donors (Lipinski definition) is 1. The first kappa shape index (κ1) is 22.3. The molecule has 2 heterocycles. The van der Waals surface area contributed by atoms with Gasteiger partial charge >= 0.3 is 0 Å². The first-order chi connectivity index (χ1) is 15.6. The zero-order chi connectivity index (χ0) is 22.3. The van der Waals surface area contributed by atoms with Crippen LogP contribution in [0, 0.1) is 0 Å². The van der Waals surface area contributed by atoms with E-state index in [0.29, 0.717) is 23.7 Å². The number of nitrogens with one attached hydrogen (secondary N) is 1. The normalized spacial score (nSPS) is 13.6. The number of aromatic nitrogens is 2. The van der Waals surface area contributed by atoms with Crippen molar-refractivity contribution in [3.05, 3.63) is 64.9 Å². The minimum Gasteiger partial charge on any atom is -0.352 e. The smallest absolute Gasteiger partial charge is 0.251 e. The van der Waals surface area contributed by atoms with Crippen molar-refractivity contribution in [2.45, 2.75) is 45.1 Å². The van der Waals surface area contributed by atoms with Crippen molar-refractivity contribution in [3.63, 3.8) is 0 Å². The van der Waals surface area contributed by atoms with Gasteiger partial charge in [0, 0.05) is 36.6 Å². The number of rotatable bonds is 9. The molecule has 6 nitrogen and oxygen atoms in total. The number of unbranched alkanes of at least 4 members (excludes halogenated alkanes) is 2. The lowest BCUT2D eigenvalue weighted by atomic mass is 10.1. The second kappa shape index (κ2) is 10.6. The van der Waals surface area contributed by atoms with Crippen molar-refractivity contribution >= 4 is 34.4 Å². The maximum atomic E-state index is 12.8. The van der Waals surface area contributed by atoms with Gasteiger partial charge in [0.25, 0.3) is 5.91 Å². The van der Waals surface area contributed by atoms with Gasteiger partial charge in [-0.15, -0.1) is 0 Å². The molecule has 2 amide bonds. The van der Waals surface area contributed by atoms with Crippen molar-refractivity contribution in [1.29, 1.82) is 0 Å². The first-order valence-corrected chi connectivity index (χ1v) is 11.8. The van der Waals surface area contributed by atoms with Crippen LogP contribution >= 0.6 is 11.6 Å². The molecule has 0 spiro atoms. The summed E-state index contributed by atoms with van der Waals surface area (Å²) in [6.45, 7) is 2.71. The van der Waals surface area contributed by atoms with Gasteiger partial charge in [0.2, 0.25) is 5.91 Å². The number of halogens is 1. The molecule has 1 N–H and O–H groups in total. The van der Waals surface area contributed by atoms with Gasteiger partial charge in [0.05, 0.1) is 11.0 Å². The van der Waals surface area contributed by atoms with Gasteiger partial charge in [-0.1, -0.05) is 30.2 Å². The highest BCUT2D eigenvalue weighted by molar-refractivity contribution is 6.30. The Hall–Kier alpha value is -2.86. The number of para-hydroxylation sites is 2. The second-order valence-electron chi connectivity index (χ2n) is 8.26. The SMILES string of the molecule is O=C(NCCCCCc1nc2ccccc2n1CC(=O)N1CCCC1)c1ccc(Cl)cc1. The summed E-state index contributed by atoms with van der Waals surface area (Å²) in [5.41, 5.74) is 2.57. The predicted molar refractivity (Wildman–Crippen MR) is 127 cm³/mol. The number of benzene rings is 2. The molecule has 1 aromatic heterocycles. The van der Waals surface area contributed by atoms with Crippen LogP contribution in [0.5, 0.6) is 0 Å². The largest absolute Gasteiger partial charge is 0.352 e. The molecule has 0 unspecified atom stereocenters. The van der Waals surface area contributed by atoms with E-state index in [2.05, 4.69) is 9.88 Å². The highest BCUT2D eigenvalue weighted by Crippen LogP contribution is 2.19. The zero-order valence-corrected chi connectivity index (χ0v) is 19.0. The summed E-state index contributed by atoms with van der Waals surface area (Å²) in [5.74, 6) is 1.06. The van der Waals surface area contributed by atoms with Crippen molar-refractivity contribution in [3.8, 4) is 0 Å². The van der Waals surface area contributed by atoms with Gasteiger partial charge in [0.1, 0.15) is 12.4 Å². The van der Waals surface area contributed by atoms with Crippen LogP contribution in [0.25, 0.3) is 11.0 Å². The van der Waals surface area contributed by atoms with Crippen molar-refractivity contribution in [1.82, 2.24) is 19.8 Å². The number of aryl methyl sites for hydroxylation is 1. The van der Waals surface area contributed by atoms with E-state index in [4.69, 9.17) is 16.6 Å². The van der Waals surface area contributed by atoms with Gasteiger partial charge in [-0.2, -0.15) is 0 Å². The summed E-state index contributed by atoms with van der Waals surface area (Å²) in [7, 11) is 0. The van der Waals surface area contributed by atoms with Crippen LogP contribution in [0.15, 0.2) is 48.5 Å². The molecule has 7 heteroatoms. The Morgan fingerprint density at radius 3 is 2.50 bits per heavy atom. The molecule has 168 valence electrons. The van der Waals surface area contributed by atoms with Gasteiger partial charge in [-0.05, 0) is 62.1 Å². The summed E-state index contributed by atoms with van der Waals surface area (Å²) < 4.78 is 2.08. The molecule has 1 saturated heterocycles. The quantitative estimate of drug-likeness (QED) is 0.487. The Morgan fingerprint density at radius 1 is 0.969 bits per heavy atom. The third-order valence-electron chi connectivity index (χ3n) is 5.95. The lowest BCUT2D eigenvalue weighted by Gasteiger charge is -2.17. The molecular formula is C25H29ClN4O2. The molecule has 4 rings (SSSR count). The van der Waals surface area contributed by atoms with E-state index in [1.807, 2.05) is 29.2 Å². The van der Waals surface area contributed by atoms with Crippen LogP contribution in [-0.2, 0) is 17.8 Å². The summed E-state index contributed by atoms with van der Waals surface area (Å²) in [6.07, 6.45) is 5.83. The van der Waals surface area contributed by atoms with E-state index in [0.717, 1.165) is 68.5 Å².